The molecule has 0 N–H and O–H groups in total. The number of nitro benzene ring substituents is 1. The summed E-state index contributed by atoms with van der Waals surface area (Å²) in [7, 11) is 0. The van der Waals surface area contributed by atoms with Gasteiger partial charge in [0.15, 0.2) is 0 Å². The van der Waals surface area contributed by atoms with E-state index in [0.29, 0.717) is 0 Å². The largest absolute Gasteiger partial charge is 0.269 e. The third-order valence-corrected chi connectivity index (χ3v) is 4.26. The smallest absolute Gasteiger partial charge is 0.258 e. The Morgan fingerprint density at radius 2 is 1.00 bits per heavy atom. The number of benzene rings is 3. The molecule has 0 unspecified atom stereocenters. The lowest BCUT2D eigenvalue weighted by atomic mass is 9.84. The molecular formula is C21H19NO2. The molecule has 0 amide bonds. The summed E-state index contributed by atoms with van der Waals surface area (Å²) in [6.45, 7) is 4.13. The summed E-state index contributed by atoms with van der Waals surface area (Å²) >= 11 is 0. The Morgan fingerprint density at radius 1 is 0.667 bits per heavy atom. The molecule has 0 heterocycles. The van der Waals surface area contributed by atoms with Gasteiger partial charge in [-0.2, -0.15) is 0 Å². The highest BCUT2D eigenvalue weighted by Crippen LogP contribution is 2.33. The molecule has 0 aliphatic carbocycles. The van der Waals surface area contributed by atoms with Crippen LogP contribution in [0, 0.1) is 24.0 Å². The number of aryl methyl sites for hydroxylation is 2. The van der Waals surface area contributed by atoms with Crippen molar-refractivity contribution in [3.8, 4) is 0 Å². The van der Waals surface area contributed by atoms with Gasteiger partial charge in [0.2, 0.25) is 0 Å². The van der Waals surface area contributed by atoms with E-state index in [4.69, 9.17) is 0 Å². The summed E-state index contributed by atoms with van der Waals surface area (Å²) in [6.07, 6.45) is 0. The summed E-state index contributed by atoms with van der Waals surface area (Å²) in [5.74, 6) is 0.0620. The zero-order valence-electron chi connectivity index (χ0n) is 13.8. The first-order valence-electron chi connectivity index (χ1n) is 7.92. The highest BCUT2D eigenvalue weighted by atomic mass is 16.6. The maximum absolute atomic E-state index is 10.9. The summed E-state index contributed by atoms with van der Waals surface area (Å²) in [5.41, 5.74) is 5.95. The average molecular weight is 317 g/mol. The molecule has 0 aliphatic heterocycles. The van der Waals surface area contributed by atoms with Gasteiger partial charge < -0.3 is 0 Å². The first kappa shape index (κ1) is 15.9. The van der Waals surface area contributed by atoms with Crippen LogP contribution < -0.4 is 0 Å². The van der Waals surface area contributed by atoms with E-state index in [9.17, 15) is 10.1 Å². The number of rotatable bonds is 4. The topological polar surface area (TPSA) is 43.1 Å². The lowest BCUT2D eigenvalue weighted by Gasteiger charge is -2.19. The van der Waals surface area contributed by atoms with E-state index < -0.39 is 0 Å². The van der Waals surface area contributed by atoms with Gasteiger partial charge in [0.1, 0.15) is 0 Å². The Labute approximate surface area is 141 Å². The predicted molar refractivity (Wildman–Crippen MR) is 96.4 cm³/mol. The first-order chi connectivity index (χ1) is 11.5. The van der Waals surface area contributed by atoms with Crippen molar-refractivity contribution in [1.82, 2.24) is 0 Å². The van der Waals surface area contributed by atoms with Crippen LogP contribution in [0.15, 0.2) is 72.8 Å². The highest BCUT2D eigenvalue weighted by molar-refractivity contribution is 5.46. The fraction of sp³-hybridized carbons (Fsp3) is 0.143. The van der Waals surface area contributed by atoms with Crippen LogP contribution in [0.25, 0.3) is 0 Å². The second-order valence-corrected chi connectivity index (χ2v) is 6.10. The monoisotopic (exact) mass is 317 g/mol. The van der Waals surface area contributed by atoms with Crippen molar-refractivity contribution in [2.24, 2.45) is 0 Å². The SMILES string of the molecule is Cc1ccc(C(c2ccc(C)cc2)c2ccc([N+](=O)[O-])cc2)cc1. The van der Waals surface area contributed by atoms with Gasteiger partial charge in [-0.1, -0.05) is 71.8 Å². The van der Waals surface area contributed by atoms with Gasteiger partial charge in [0, 0.05) is 18.1 Å². The Kier molecular flexibility index (Phi) is 4.43. The molecule has 0 saturated carbocycles. The Morgan fingerprint density at radius 3 is 1.33 bits per heavy atom. The van der Waals surface area contributed by atoms with Gasteiger partial charge in [-0.25, -0.2) is 0 Å². The fourth-order valence-corrected chi connectivity index (χ4v) is 2.88. The minimum Gasteiger partial charge on any atom is -0.258 e. The van der Waals surface area contributed by atoms with Crippen LogP contribution >= 0.6 is 0 Å². The van der Waals surface area contributed by atoms with E-state index in [0.717, 1.165) is 5.56 Å². The molecule has 0 atom stereocenters. The lowest BCUT2D eigenvalue weighted by Crippen LogP contribution is -2.04. The standard InChI is InChI=1S/C21H19NO2/c1-15-3-7-17(8-4-15)21(18-9-5-16(2)6-10-18)19-11-13-20(14-12-19)22(23)24/h3-14,21H,1-2H3. The number of hydrogen-bond acceptors (Lipinski definition) is 2. The van der Waals surface area contributed by atoms with E-state index in [-0.39, 0.29) is 16.5 Å². The van der Waals surface area contributed by atoms with E-state index in [1.807, 2.05) is 12.1 Å². The molecule has 0 aliphatic rings. The van der Waals surface area contributed by atoms with Gasteiger partial charge in [-0.3, -0.25) is 10.1 Å². The quantitative estimate of drug-likeness (QED) is 0.368. The Bertz CT molecular complexity index is 789. The van der Waals surface area contributed by atoms with Crippen molar-refractivity contribution in [2.75, 3.05) is 0 Å². The molecule has 3 heteroatoms. The summed E-state index contributed by atoms with van der Waals surface area (Å²) < 4.78 is 0. The minimum absolute atomic E-state index is 0.0620. The zero-order valence-corrected chi connectivity index (χ0v) is 13.8. The number of hydrogen-bond donors (Lipinski definition) is 0. The molecule has 120 valence electrons. The van der Waals surface area contributed by atoms with Crippen LogP contribution in [0.5, 0.6) is 0 Å². The van der Waals surface area contributed by atoms with Crippen molar-refractivity contribution >= 4 is 5.69 Å². The number of nitrogens with zero attached hydrogens (tertiary/aromatic N) is 1. The highest BCUT2D eigenvalue weighted by Gasteiger charge is 2.17. The molecule has 0 fully saturated rings. The molecule has 3 aromatic rings. The van der Waals surface area contributed by atoms with Crippen LogP contribution in [0.1, 0.15) is 33.7 Å². The Balaban J connectivity index is 2.08. The molecule has 24 heavy (non-hydrogen) atoms. The Hall–Kier alpha value is -2.94. The molecule has 0 saturated heterocycles. The third kappa shape index (κ3) is 3.35. The molecule has 3 aromatic carbocycles. The molecule has 0 aromatic heterocycles. The van der Waals surface area contributed by atoms with Gasteiger partial charge in [-0.15, -0.1) is 0 Å². The molecule has 0 bridgehead atoms. The average Bonchev–Trinajstić information content (AvgIpc) is 2.59. The molecule has 3 nitrogen and oxygen atoms in total. The van der Waals surface area contributed by atoms with Gasteiger partial charge in [0.05, 0.1) is 4.92 Å². The normalized spacial score (nSPS) is 10.8. The lowest BCUT2D eigenvalue weighted by molar-refractivity contribution is -0.384. The van der Waals surface area contributed by atoms with Crippen molar-refractivity contribution in [3.05, 3.63) is 111 Å². The van der Waals surface area contributed by atoms with Crippen molar-refractivity contribution in [2.45, 2.75) is 19.8 Å². The minimum atomic E-state index is -0.365. The van der Waals surface area contributed by atoms with Crippen molar-refractivity contribution in [3.63, 3.8) is 0 Å². The van der Waals surface area contributed by atoms with Gasteiger partial charge in [0.25, 0.3) is 5.69 Å². The first-order valence-corrected chi connectivity index (χ1v) is 7.92. The van der Waals surface area contributed by atoms with Crippen LogP contribution in [0.2, 0.25) is 0 Å². The maximum Gasteiger partial charge on any atom is 0.269 e. The van der Waals surface area contributed by atoms with Crippen LogP contribution in [-0.4, -0.2) is 4.92 Å². The summed E-state index contributed by atoms with van der Waals surface area (Å²) in [4.78, 5) is 10.5. The van der Waals surface area contributed by atoms with Crippen LogP contribution in [-0.2, 0) is 0 Å². The number of nitro groups is 1. The van der Waals surface area contributed by atoms with Crippen molar-refractivity contribution in [1.29, 1.82) is 0 Å². The third-order valence-electron chi connectivity index (χ3n) is 4.26. The van der Waals surface area contributed by atoms with E-state index in [1.54, 1.807) is 12.1 Å². The molecular weight excluding hydrogens is 298 g/mol. The van der Waals surface area contributed by atoms with E-state index >= 15 is 0 Å². The molecule has 0 radical (unpaired) electrons. The van der Waals surface area contributed by atoms with Crippen LogP contribution in [0.4, 0.5) is 5.69 Å². The second-order valence-electron chi connectivity index (χ2n) is 6.10. The van der Waals surface area contributed by atoms with Gasteiger partial charge in [-0.05, 0) is 30.5 Å². The fourth-order valence-electron chi connectivity index (χ4n) is 2.88. The van der Waals surface area contributed by atoms with Crippen molar-refractivity contribution < 1.29 is 4.92 Å². The maximum atomic E-state index is 10.9. The second kappa shape index (κ2) is 6.67. The summed E-state index contributed by atoms with van der Waals surface area (Å²) in [5, 5.41) is 10.9. The predicted octanol–water partition coefficient (Wildman–Crippen LogP) is 5.39. The molecule has 3 rings (SSSR count). The molecule has 0 spiro atoms. The number of non-ortho nitro benzene ring substituents is 1. The van der Waals surface area contributed by atoms with Crippen LogP contribution in [0.3, 0.4) is 0 Å². The summed E-state index contributed by atoms with van der Waals surface area (Å²) in [6, 6.07) is 23.7. The van der Waals surface area contributed by atoms with E-state index in [1.165, 1.54) is 22.3 Å². The van der Waals surface area contributed by atoms with E-state index in [2.05, 4.69) is 62.4 Å². The zero-order chi connectivity index (χ0) is 17.1. The van der Waals surface area contributed by atoms with Gasteiger partial charge >= 0.3 is 0 Å².